The number of hydrogen-bond acceptors (Lipinski definition) is 6. The van der Waals surface area contributed by atoms with Gasteiger partial charge in [0.25, 0.3) is 11.8 Å². The summed E-state index contributed by atoms with van der Waals surface area (Å²) in [6.45, 7) is 2.92. The van der Waals surface area contributed by atoms with Gasteiger partial charge in [0.2, 0.25) is 5.91 Å². The predicted molar refractivity (Wildman–Crippen MR) is 107 cm³/mol. The Bertz CT molecular complexity index is 863. The number of amides is 3. The smallest absolute Gasteiger partial charge is 0.268 e. The average molecular weight is 400 g/mol. The van der Waals surface area contributed by atoms with Crippen molar-refractivity contribution in [2.75, 3.05) is 5.32 Å². The molecule has 3 atom stereocenters. The summed E-state index contributed by atoms with van der Waals surface area (Å²) >= 11 is 0. The zero-order valence-corrected chi connectivity index (χ0v) is 16.0. The predicted octanol–water partition coefficient (Wildman–Crippen LogP) is 0.624. The number of nitrogens with one attached hydrogen (secondary N) is 3. The molecule has 2 aromatic rings. The Kier molecular flexibility index (Phi) is 7.43. The van der Waals surface area contributed by atoms with Crippen LogP contribution < -0.4 is 21.8 Å². The van der Waals surface area contributed by atoms with E-state index in [4.69, 9.17) is 10.9 Å². The second-order valence-electron chi connectivity index (χ2n) is 6.60. The summed E-state index contributed by atoms with van der Waals surface area (Å²) in [5.74, 6) is -1.76. The maximum Gasteiger partial charge on any atom is 0.268 e. The van der Waals surface area contributed by atoms with Gasteiger partial charge in [-0.05, 0) is 49.2 Å². The van der Waals surface area contributed by atoms with E-state index < -0.39 is 30.0 Å². The van der Waals surface area contributed by atoms with E-state index in [1.807, 2.05) is 12.1 Å². The fourth-order valence-corrected chi connectivity index (χ4v) is 2.52. The molecule has 0 heterocycles. The Morgan fingerprint density at radius 3 is 1.86 bits per heavy atom. The molecule has 0 saturated heterocycles. The molecule has 0 unspecified atom stereocenters. The molecule has 29 heavy (non-hydrogen) atoms. The Morgan fingerprint density at radius 2 is 1.41 bits per heavy atom. The zero-order valence-electron chi connectivity index (χ0n) is 16.0. The number of anilines is 1. The van der Waals surface area contributed by atoms with E-state index in [9.17, 15) is 19.5 Å². The number of carbonyl (C=O) groups is 3. The van der Waals surface area contributed by atoms with Crippen LogP contribution in [-0.2, 0) is 9.59 Å². The Hall–Kier alpha value is -3.27. The molecule has 7 N–H and O–H groups in total. The fraction of sp³-hybridized carbons (Fsp3) is 0.250. The molecule has 0 fully saturated rings. The van der Waals surface area contributed by atoms with E-state index >= 15 is 0 Å². The quantitative estimate of drug-likeness (QED) is 0.296. The van der Waals surface area contributed by atoms with Gasteiger partial charge in [0, 0.05) is 11.3 Å². The number of carbonyl (C=O) groups excluding carboxylic acids is 3. The molecule has 0 bridgehead atoms. The van der Waals surface area contributed by atoms with Crippen LogP contribution in [0.15, 0.2) is 48.5 Å². The van der Waals surface area contributed by atoms with E-state index in [0.29, 0.717) is 5.69 Å². The lowest BCUT2D eigenvalue weighted by molar-refractivity contribution is -0.133. The van der Waals surface area contributed by atoms with Crippen molar-refractivity contribution < 1.29 is 24.7 Å². The highest BCUT2D eigenvalue weighted by Crippen LogP contribution is 2.22. The molecule has 2 aromatic carbocycles. The molecule has 0 aliphatic carbocycles. The van der Waals surface area contributed by atoms with Crippen LogP contribution in [0.3, 0.4) is 0 Å². The second-order valence-corrected chi connectivity index (χ2v) is 6.60. The largest absolute Gasteiger partial charge is 0.391 e. The van der Waals surface area contributed by atoms with Gasteiger partial charge in [-0.3, -0.25) is 19.6 Å². The molecule has 0 spiro atoms. The van der Waals surface area contributed by atoms with E-state index in [1.165, 1.54) is 12.4 Å². The minimum atomic E-state index is -1.29. The Balaban J connectivity index is 2.08. The molecule has 0 radical (unpaired) electrons. The van der Waals surface area contributed by atoms with Crippen LogP contribution in [0.25, 0.3) is 11.1 Å². The van der Waals surface area contributed by atoms with Crippen LogP contribution in [0.1, 0.15) is 24.2 Å². The third-order valence-electron chi connectivity index (χ3n) is 4.21. The van der Waals surface area contributed by atoms with Crippen molar-refractivity contribution in [2.45, 2.75) is 32.0 Å². The lowest BCUT2D eigenvalue weighted by Gasteiger charge is -2.19. The zero-order chi connectivity index (χ0) is 21.6. The van der Waals surface area contributed by atoms with E-state index in [-0.39, 0.29) is 11.5 Å². The van der Waals surface area contributed by atoms with Crippen LogP contribution in [0.2, 0.25) is 0 Å². The molecular formula is C20H24N4O5. The van der Waals surface area contributed by atoms with Gasteiger partial charge in [-0.2, -0.15) is 0 Å². The van der Waals surface area contributed by atoms with Gasteiger partial charge in [0.15, 0.2) is 0 Å². The number of aliphatic hydroxyl groups excluding tert-OH is 1. The van der Waals surface area contributed by atoms with Gasteiger partial charge in [-0.1, -0.05) is 24.3 Å². The fourth-order valence-electron chi connectivity index (χ4n) is 2.52. The first-order valence-electron chi connectivity index (χ1n) is 8.92. The first kappa shape index (κ1) is 22.0. The van der Waals surface area contributed by atoms with Crippen molar-refractivity contribution in [2.24, 2.45) is 5.73 Å². The van der Waals surface area contributed by atoms with Crippen molar-refractivity contribution in [1.82, 2.24) is 10.8 Å². The number of nitrogens with two attached hydrogens (primary N) is 1. The molecule has 154 valence electrons. The highest BCUT2D eigenvalue weighted by atomic mass is 16.5. The maximum atomic E-state index is 12.3. The molecule has 0 aliphatic rings. The molecule has 0 saturated carbocycles. The summed E-state index contributed by atoms with van der Waals surface area (Å²) in [6.07, 6.45) is -1.19. The number of aliphatic hydroxyl groups is 1. The SMILES string of the molecule is C[C@H](N)C(=O)Nc1ccc(-c2ccc(C(=O)N[C@H](C(=O)NO)[C@H](C)O)cc2)cc1. The third kappa shape index (κ3) is 5.85. The minimum Gasteiger partial charge on any atom is -0.391 e. The normalized spacial score (nSPS) is 13.7. The van der Waals surface area contributed by atoms with Crippen LogP contribution in [0.5, 0.6) is 0 Å². The summed E-state index contributed by atoms with van der Waals surface area (Å²) in [7, 11) is 0. The highest BCUT2D eigenvalue weighted by molar-refractivity contribution is 5.98. The molecule has 0 aliphatic heterocycles. The number of hydroxylamine groups is 1. The van der Waals surface area contributed by atoms with E-state index in [0.717, 1.165) is 11.1 Å². The van der Waals surface area contributed by atoms with E-state index in [1.54, 1.807) is 43.3 Å². The van der Waals surface area contributed by atoms with Gasteiger partial charge < -0.3 is 21.5 Å². The third-order valence-corrected chi connectivity index (χ3v) is 4.21. The standard InChI is InChI=1S/C20H24N4O5/c1-11(21)18(26)22-16-9-7-14(8-10-16)13-3-5-15(6-4-13)19(27)23-17(12(2)25)20(28)24-29/h3-12,17,25,29H,21H2,1-2H3,(H,22,26)(H,23,27)(H,24,28)/t11-,12-,17-/m0/s1. The summed E-state index contributed by atoms with van der Waals surface area (Å²) in [6, 6.07) is 11.9. The van der Waals surface area contributed by atoms with Crippen LogP contribution in [-0.4, -0.2) is 46.2 Å². The topological polar surface area (TPSA) is 154 Å². The van der Waals surface area contributed by atoms with Crippen molar-refractivity contribution in [3.05, 3.63) is 54.1 Å². The van der Waals surface area contributed by atoms with Crippen LogP contribution in [0.4, 0.5) is 5.69 Å². The molecule has 9 nitrogen and oxygen atoms in total. The monoisotopic (exact) mass is 400 g/mol. The van der Waals surface area contributed by atoms with Gasteiger partial charge >= 0.3 is 0 Å². The lowest BCUT2D eigenvalue weighted by Crippen LogP contribution is -2.51. The molecule has 9 heteroatoms. The number of benzene rings is 2. The average Bonchev–Trinajstić information content (AvgIpc) is 2.71. The summed E-state index contributed by atoms with van der Waals surface area (Å²) < 4.78 is 0. The first-order valence-corrected chi connectivity index (χ1v) is 8.92. The van der Waals surface area contributed by atoms with E-state index in [2.05, 4.69) is 10.6 Å². The number of rotatable bonds is 7. The van der Waals surface area contributed by atoms with Crippen LogP contribution >= 0.6 is 0 Å². The summed E-state index contributed by atoms with van der Waals surface area (Å²) in [4.78, 5) is 35.4. The van der Waals surface area contributed by atoms with Gasteiger partial charge in [-0.25, -0.2) is 5.48 Å². The van der Waals surface area contributed by atoms with Crippen molar-refractivity contribution in [1.29, 1.82) is 0 Å². The Morgan fingerprint density at radius 1 is 0.897 bits per heavy atom. The summed E-state index contributed by atoms with van der Waals surface area (Å²) in [5, 5.41) is 23.4. The minimum absolute atomic E-state index is 0.279. The van der Waals surface area contributed by atoms with Crippen molar-refractivity contribution in [3.63, 3.8) is 0 Å². The van der Waals surface area contributed by atoms with Gasteiger partial charge in [0.05, 0.1) is 12.1 Å². The number of hydrogen-bond donors (Lipinski definition) is 6. The first-order chi connectivity index (χ1) is 13.7. The molecule has 0 aromatic heterocycles. The van der Waals surface area contributed by atoms with Gasteiger partial charge in [0.1, 0.15) is 6.04 Å². The Labute approximate surface area is 167 Å². The second kappa shape index (κ2) is 9.78. The van der Waals surface area contributed by atoms with Crippen LogP contribution in [0, 0.1) is 0 Å². The van der Waals surface area contributed by atoms with Crippen molar-refractivity contribution >= 4 is 23.4 Å². The summed E-state index contributed by atoms with van der Waals surface area (Å²) in [5.41, 5.74) is 9.55. The molecule has 2 rings (SSSR count). The molecular weight excluding hydrogens is 376 g/mol. The van der Waals surface area contributed by atoms with Crippen molar-refractivity contribution in [3.8, 4) is 11.1 Å². The lowest BCUT2D eigenvalue weighted by atomic mass is 10.0. The highest BCUT2D eigenvalue weighted by Gasteiger charge is 2.25. The van der Waals surface area contributed by atoms with Gasteiger partial charge in [-0.15, -0.1) is 0 Å². The maximum absolute atomic E-state index is 12.3. The molecule has 3 amide bonds.